The number of nitrogens with zero attached hydrogens (tertiary/aromatic N) is 2. The number of benzene rings is 1. The van der Waals surface area contributed by atoms with Gasteiger partial charge in [0.15, 0.2) is 5.13 Å². The van der Waals surface area contributed by atoms with Crippen molar-refractivity contribution in [1.82, 2.24) is 9.97 Å². The first-order valence-electron chi connectivity index (χ1n) is 7.39. The first-order chi connectivity index (χ1) is 11.6. The zero-order chi connectivity index (χ0) is 16.7. The molecule has 2 N–H and O–H groups in total. The summed E-state index contributed by atoms with van der Waals surface area (Å²) in [7, 11) is 0. The van der Waals surface area contributed by atoms with E-state index in [4.69, 9.17) is 0 Å². The summed E-state index contributed by atoms with van der Waals surface area (Å²) in [4.78, 5) is 20.9. The van der Waals surface area contributed by atoms with Crippen molar-refractivity contribution in [2.24, 2.45) is 5.92 Å². The summed E-state index contributed by atoms with van der Waals surface area (Å²) in [6.07, 6.45) is 1.83. The lowest BCUT2D eigenvalue weighted by Crippen LogP contribution is -2.12. The second-order valence-electron chi connectivity index (χ2n) is 5.52. The highest BCUT2D eigenvalue weighted by Gasteiger charge is 2.30. The van der Waals surface area contributed by atoms with Gasteiger partial charge < -0.3 is 10.6 Å². The van der Waals surface area contributed by atoms with Crippen LogP contribution >= 0.6 is 11.3 Å². The predicted octanol–water partition coefficient (Wildman–Crippen LogP) is 4.06. The monoisotopic (exact) mass is 346 g/mol. The molecular weight excluding hydrogens is 334 g/mol. The maximum atomic E-state index is 13.7. The van der Waals surface area contributed by atoms with E-state index in [1.807, 2.05) is 0 Å². The Bertz CT molecular complexity index is 919. The highest BCUT2D eigenvalue weighted by atomic mass is 32.1. The van der Waals surface area contributed by atoms with Crippen LogP contribution in [0.1, 0.15) is 12.8 Å². The number of fused-ring (bicyclic) bond motifs is 1. The Morgan fingerprint density at radius 1 is 1.12 bits per heavy atom. The van der Waals surface area contributed by atoms with E-state index in [1.54, 1.807) is 12.1 Å². The zero-order valence-electron chi connectivity index (χ0n) is 12.3. The molecule has 0 radical (unpaired) electrons. The fourth-order valence-electron chi connectivity index (χ4n) is 2.24. The molecule has 122 valence electrons. The molecule has 1 aliphatic carbocycles. The Hall–Kier alpha value is -2.61. The van der Waals surface area contributed by atoms with Gasteiger partial charge in [0.25, 0.3) is 0 Å². The lowest BCUT2D eigenvalue weighted by Gasteiger charge is -2.07. The van der Waals surface area contributed by atoms with Crippen LogP contribution in [0.4, 0.5) is 25.4 Å². The molecular formula is C16H12F2N4OS. The zero-order valence-corrected chi connectivity index (χ0v) is 13.2. The maximum absolute atomic E-state index is 13.7. The minimum Gasteiger partial charge on any atom is -0.335 e. The standard InChI is InChI=1S/C16H12F2N4OS/c17-9-2-1-3-10(18)13(9)20-12-7-6-11-15(21-12)24-16(19-11)22-14(23)8-4-5-8/h1-3,6-8H,4-5H2,(H,20,21)(H,19,22,23). The fourth-order valence-corrected chi connectivity index (χ4v) is 3.08. The predicted molar refractivity (Wildman–Crippen MR) is 88.4 cm³/mol. The molecule has 0 spiro atoms. The molecule has 1 amide bonds. The van der Waals surface area contributed by atoms with Gasteiger partial charge in [-0.05, 0) is 37.1 Å². The molecule has 5 nitrogen and oxygen atoms in total. The molecule has 24 heavy (non-hydrogen) atoms. The van der Waals surface area contributed by atoms with Crippen molar-refractivity contribution >= 4 is 44.2 Å². The molecule has 1 saturated carbocycles. The topological polar surface area (TPSA) is 66.9 Å². The molecule has 2 heterocycles. The Labute approximate surface area is 139 Å². The average Bonchev–Trinajstić information content (AvgIpc) is 3.32. The number of halogens is 2. The Balaban J connectivity index is 1.59. The number of aromatic nitrogens is 2. The van der Waals surface area contributed by atoms with Crippen molar-refractivity contribution in [3.05, 3.63) is 42.0 Å². The number of pyridine rings is 1. The van der Waals surface area contributed by atoms with Gasteiger partial charge >= 0.3 is 0 Å². The van der Waals surface area contributed by atoms with Crippen LogP contribution in [0.2, 0.25) is 0 Å². The van der Waals surface area contributed by atoms with E-state index < -0.39 is 11.6 Å². The third-order valence-electron chi connectivity index (χ3n) is 3.65. The summed E-state index contributed by atoms with van der Waals surface area (Å²) in [5.74, 6) is -1.03. The number of hydrogen-bond acceptors (Lipinski definition) is 5. The number of amides is 1. The number of anilines is 3. The van der Waals surface area contributed by atoms with Gasteiger partial charge in [0, 0.05) is 5.92 Å². The second-order valence-corrected chi connectivity index (χ2v) is 6.50. The highest BCUT2D eigenvalue weighted by Crippen LogP contribution is 2.32. The van der Waals surface area contributed by atoms with Gasteiger partial charge in [-0.3, -0.25) is 4.79 Å². The van der Waals surface area contributed by atoms with Crippen molar-refractivity contribution in [1.29, 1.82) is 0 Å². The lowest BCUT2D eigenvalue weighted by atomic mass is 10.3. The van der Waals surface area contributed by atoms with E-state index in [0.29, 0.717) is 21.3 Å². The number of hydrogen-bond donors (Lipinski definition) is 2. The van der Waals surface area contributed by atoms with Crippen LogP contribution in [0.15, 0.2) is 30.3 Å². The number of carbonyl (C=O) groups excluding carboxylic acids is 1. The Kier molecular flexibility index (Phi) is 3.61. The smallest absolute Gasteiger partial charge is 0.229 e. The van der Waals surface area contributed by atoms with Crippen molar-refractivity contribution in [3.8, 4) is 0 Å². The van der Waals surface area contributed by atoms with Gasteiger partial charge in [-0.1, -0.05) is 17.4 Å². The van der Waals surface area contributed by atoms with E-state index in [2.05, 4.69) is 20.6 Å². The van der Waals surface area contributed by atoms with Crippen molar-refractivity contribution < 1.29 is 13.6 Å². The summed E-state index contributed by atoms with van der Waals surface area (Å²) in [6, 6.07) is 6.90. The first-order valence-corrected chi connectivity index (χ1v) is 8.21. The van der Waals surface area contributed by atoms with Crippen LogP contribution in [0.25, 0.3) is 10.3 Å². The Morgan fingerprint density at radius 3 is 2.58 bits per heavy atom. The molecule has 1 aliphatic rings. The number of carbonyl (C=O) groups is 1. The van der Waals surface area contributed by atoms with Crippen LogP contribution < -0.4 is 10.6 Å². The van der Waals surface area contributed by atoms with Crippen molar-refractivity contribution in [3.63, 3.8) is 0 Å². The SMILES string of the molecule is O=C(Nc1nc2ccc(Nc3c(F)cccc3F)nc2s1)C1CC1. The molecule has 1 aromatic carbocycles. The molecule has 1 fully saturated rings. The summed E-state index contributed by atoms with van der Waals surface area (Å²) in [6.45, 7) is 0. The quantitative estimate of drug-likeness (QED) is 0.747. The van der Waals surface area contributed by atoms with Crippen LogP contribution in [-0.4, -0.2) is 15.9 Å². The van der Waals surface area contributed by atoms with Crippen LogP contribution in [0.3, 0.4) is 0 Å². The molecule has 4 rings (SSSR count). The number of para-hydroxylation sites is 1. The average molecular weight is 346 g/mol. The van der Waals surface area contributed by atoms with E-state index in [0.717, 1.165) is 12.8 Å². The molecule has 0 atom stereocenters. The van der Waals surface area contributed by atoms with Crippen LogP contribution in [0.5, 0.6) is 0 Å². The summed E-state index contributed by atoms with van der Waals surface area (Å²) in [5.41, 5.74) is 0.363. The van der Waals surface area contributed by atoms with Crippen LogP contribution in [-0.2, 0) is 4.79 Å². The van der Waals surface area contributed by atoms with Gasteiger partial charge in [0.05, 0.1) is 0 Å². The molecule has 0 aliphatic heterocycles. The number of nitrogens with one attached hydrogen (secondary N) is 2. The Morgan fingerprint density at radius 2 is 1.88 bits per heavy atom. The number of rotatable bonds is 4. The minimum absolute atomic E-state index is 0.0270. The molecule has 0 saturated heterocycles. The van der Waals surface area contributed by atoms with Gasteiger partial charge in [-0.25, -0.2) is 18.7 Å². The van der Waals surface area contributed by atoms with E-state index in [1.165, 1.54) is 29.5 Å². The lowest BCUT2D eigenvalue weighted by molar-refractivity contribution is -0.117. The van der Waals surface area contributed by atoms with E-state index in [9.17, 15) is 13.6 Å². The summed E-state index contributed by atoms with van der Waals surface area (Å²) in [5, 5.41) is 5.89. The summed E-state index contributed by atoms with van der Waals surface area (Å²) < 4.78 is 27.4. The van der Waals surface area contributed by atoms with Crippen LogP contribution in [0, 0.1) is 17.6 Å². The molecule has 0 unspecified atom stereocenters. The summed E-state index contributed by atoms with van der Waals surface area (Å²) >= 11 is 1.22. The first kappa shape index (κ1) is 14.9. The largest absolute Gasteiger partial charge is 0.335 e. The highest BCUT2D eigenvalue weighted by molar-refractivity contribution is 7.22. The van der Waals surface area contributed by atoms with Gasteiger partial charge in [-0.2, -0.15) is 0 Å². The van der Waals surface area contributed by atoms with Gasteiger partial charge in [-0.15, -0.1) is 0 Å². The second kappa shape index (κ2) is 5.79. The molecule has 2 aromatic heterocycles. The molecule has 3 aromatic rings. The minimum atomic E-state index is -0.696. The molecule has 0 bridgehead atoms. The maximum Gasteiger partial charge on any atom is 0.229 e. The normalized spacial score (nSPS) is 13.9. The van der Waals surface area contributed by atoms with Crippen molar-refractivity contribution in [2.45, 2.75) is 12.8 Å². The third kappa shape index (κ3) is 2.92. The van der Waals surface area contributed by atoms with Crippen molar-refractivity contribution in [2.75, 3.05) is 10.6 Å². The van der Waals surface area contributed by atoms with E-state index in [-0.39, 0.29) is 17.5 Å². The molecule has 8 heteroatoms. The fraction of sp³-hybridized carbons (Fsp3) is 0.188. The van der Waals surface area contributed by atoms with Gasteiger partial charge in [0.1, 0.15) is 33.5 Å². The number of thiazole rings is 1. The third-order valence-corrected chi connectivity index (χ3v) is 4.53. The van der Waals surface area contributed by atoms with Gasteiger partial charge in [0.2, 0.25) is 5.91 Å². The van der Waals surface area contributed by atoms with E-state index >= 15 is 0 Å².